The van der Waals surface area contributed by atoms with Crippen LogP contribution in [0.4, 0.5) is 16.2 Å². The quantitative estimate of drug-likeness (QED) is 0.105. The van der Waals surface area contributed by atoms with E-state index >= 15 is 0 Å². The van der Waals surface area contributed by atoms with Gasteiger partial charge in [-0.25, -0.2) is 9.10 Å². The van der Waals surface area contributed by atoms with Gasteiger partial charge in [-0.3, -0.25) is 4.79 Å². The third-order valence-electron chi connectivity index (χ3n) is 7.52. The molecule has 4 aromatic rings. The van der Waals surface area contributed by atoms with Gasteiger partial charge in [0.25, 0.3) is 0 Å². The van der Waals surface area contributed by atoms with Crippen molar-refractivity contribution < 1.29 is 14.3 Å². The highest BCUT2D eigenvalue weighted by Gasteiger charge is 2.27. The van der Waals surface area contributed by atoms with E-state index in [0.29, 0.717) is 6.04 Å². The second-order valence-corrected chi connectivity index (χ2v) is 12.4. The zero-order valence-electron chi connectivity index (χ0n) is 26.2. The Morgan fingerprint density at radius 1 is 0.889 bits per heavy atom. The van der Waals surface area contributed by atoms with Gasteiger partial charge in [0.1, 0.15) is 6.54 Å². The van der Waals surface area contributed by atoms with Crippen LogP contribution in [0.2, 0.25) is 0 Å². The molecule has 0 radical (unpaired) electrons. The van der Waals surface area contributed by atoms with Gasteiger partial charge >= 0.3 is 6.09 Å². The summed E-state index contributed by atoms with van der Waals surface area (Å²) in [5.74, 6) is 0.498. The van der Waals surface area contributed by atoms with Crippen molar-refractivity contribution in [2.24, 2.45) is 5.92 Å². The molecular formula is C37H44N4O3S. The lowest BCUT2D eigenvalue weighted by Crippen LogP contribution is -2.33. The smallest absolute Gasteiger partial charge is 0.407 e. The topological polar surface area (TPSA) is 96.7 Å². The van der Waals surface area contributed by atoms with E-state index in [4.69, 9.17) is 5.73 Å². The maximum atomic E-state index is 12.2. The third-order valence-corrected chi connectivity index (χ3v) is 8.75. The fourth-order valence-corrected chi connectivity index (χ4v) is 5.84. The van der Waals surface area contributed by atoms with Gasteiger partial charge in [-0.1, -0.05) is 78.9 Å². The third kappa shape index (κ3) is 12.3. The number of anilines is 2. The number of nitrogens with two attached hydrogens (primary N) is 1. The predicted molar refractivity (Wildman–Crippen MR) is 185 cm³/mol. The molecule has 4 aromatic carbocycles. The van der Waals surface area contributed by atoms with E-state index < -0.39 is 6.09 Å². The summed E-state index contributed by atoms with van der Waals surface area (Å²) in [7, 11) is 1.27. The highest BCUT2D eigenvalue weighted by molar-refractivity contribution is 7.97. The molecule has 1 atom stereocenters. The highest BCUT2D eigenvalue weighted by Crippen LogP contribution is 2.36. The largest absolute Gasteiger partial charge is 0.453 e. The highest BCUT2D eigenvalue weighted by atomic mass is 32.2. The molecule has 5 rings (SSSR count). The van der Waals surface area contributed by atoms with Gasteiger partial charge in [0.05, 0.1) is 7.11 Å². The maximum absolute atomic E-state index is 12.2. The fourth-order valence-electron chi connectivity index (χ4n) is 4.74. The molecule has 1 aliphatic carbocycles. The molecule has 2 amide bonds. The number of alkyl carbamates (subject to hydrolysis) is 1. The molecule has 0 spiro atoms. The van der Waals surface area contributed by atoms with Crippen molar-refractivity contribution in [2.75, 3.05) is 31.2 Å². The van der Waals surface area contributed by atoms with Gasteiger partial charge in [-0.05, 0) is 104 Å². The van der Waals surface area contributed by atoms with Crippen LogP contribution in [-0.2, 0) is 22.4 Å². The van der Waals surface area contributed by atoms with E-state index in [2.05, 4.69) is 99.4 Å². The van der Waals surface area contributed by atoms with Crippen LogP contribution in [0.1, 0.15) is 42.9 Å². The summed E-state index contributed by atoms with van der Waals surface area (Å²) in [6.45, 7) is 3.20. The summed E-state index contributed by atoms with van der Waals surface area (Å²) in [6, 6.07) is 37.3. The number of carbonyl (C=O) groups excluding carboxylic acids is 2. The summed E-state index contributed by atoms with van der Waals surface area (Å²) in [5, 5.41) is 5.29. The van der Waals surface area contributed by atoms with E-state index in [-0.39, 0.29) is 12.5 Å². The maximum Gasteiger partial charge on any atom is 0.407 e. The number of aryl methyl sites for hydroxylation is 1. The zero-order valence-corrected chi connectivity index (χ0v) is 27.0. The number of hydrogen-bond donors (Lipinski definition) is 3. The van der Waals surface area contributed by atoms with Crippen LogP contribution in [0.25, 0.3) is 0 Å². The molecule has 236 valence electrons. The second kappa shape index (κ2) is 17.9. The number of amides is 2. The summed E-state index contributed by atoms with van der Waals surface area (Å²) >= 11 is 1.79. The van der Waals surface area contributed by atoms with Crippen LogP contribution in [0.15, 0.2) is 114 Å². The van der Waals surface area contributed by atoms with Crippen molar-refractivity contribution >= 4 is 35.3 Å². The Labute approximate surface area is 271 Å². The summed E-state index contributed by atoms with van der Waals surface area (Å²) in [5.41, 5.74) is 11.2. The first-order valence-corrected chi connectivity index (χ1v) is 16.2. The SMILES string of the molecule is COC(=O)NCC(=O)Nc1ccccc1CCC(C)N(CC1CC1)Sc1ccc(N)cc1.c1ccc(Cc2ccccc2)cc1. The number of nitrogen functional groups attached to an aromatic ring is 1. The van der Waals surface area contributed by atoms with Crippen LogP contribution in [-0.4, -0.2) is 42.5 Å². The van der Waals surface area contributed by atoms with Crippen molar-refractivity contribution in [2.45, 2.75) is 50.0 Å². The Morgan fingerprint density at radius 2 is 1.49 bits per heavy atom. The minimum Gasteiger partial charge on any atom is -0.453 e. The summed E-state index contributed by atoms with van der Waals surface area (Å²) in [4.78, 5) is 24.6. The van der Waals surface area contributed by atoms with E-state index in [9.17, 15) is 9.59 Å². The first-order valence-electron chi connectivity index (χ1n) is 15.5. The molecule has 0 bridgehead atoms. The van der Waals surface area contributed by atoms with Gasteiger partial charge in [0.15, 0.2) is 0 Å². The summed E-state index contributed by atoms with van der Waals surface area (Å²) in [6.07, 6.45) is 4.81. The first-order chi connectivity index (χ1) is 21.9. The molecular weight excluding hydrogens is 580 g/mol. The number of nitrogens with one attached hydrogen (secondary N) is 2. The lowest BCUT2D eigenvalue weighted by molar-refractivity contribution is -0.115. The first kappa shape index (κ1) is 33.6. The molecule has 0 heterocycles. The molecule has 0 saturated heterocycles. The van der Waals surface area contributed by atoms with Crippen LogP contribution in [0.3, 0.4) is 0 Å². The molecule has 1 fully saturated rings. The molecule has 8 heteroatoms. The van der Waals surface area contributed by atoms with E-state index in [1.807, 2.05) is 36.4 Å². The molecule has 0 aromatic heterocycles. The molecule has 1 aliphatic rings. The monoisotopic (exact) mass is 624 g/mol. The van der Waals surface area contributed by atoms with Crippen LogP contribution >= 0.6 is 11.9 Å². The van der Waals surface area contributed by atoms with E-state index in [1.165, 1.54) is 36.0 Å². The molecule has 0 aliphatic heterocycles. The van der Waals surface area contributed by atoms with Gasteiger partial charge in [0.2, 0.25) is 5.91 Å². The van der Waals surface area contributed by atoms with Crippen LogP contribution in [0.5, 0.6) is 0 Å². The average Bonchev–Trinajstić information content (AvgIpc) is 3.89. The zero-order chi connectivity index (χ0) is 31.9. The predicted octanol–water partition coefficient (Wildman–Crippen LogP) is 7.58. The Kier molecular flexibility index (Phi) is 13.4. The van der Waals surface area contributed by atoms with Crippen molar-refractivity contribution in [3.8, 4) is 0 Å². The van der Waals surface area contributed by atoms with Crippen molar-refractivity contribution in [1.82, 2.24) is 9.62 Å². The van der Waals surface area contributed by atoms with Gasteiger partial charge in [-0.15, -0.1) is 0 Å². The Balaban J connectivity index is 0.000000293. The minimum absolute atomic E-state index is 0.134. The lowest BCUT2D eigenvalue weighted by atomic mass is 10.0. The fraction of sp³-hybridized carbons (Fsp3) is 0.297. The lowest BCUT2D eigenvalue weighted by Gasteiger charge is -2.28. The van der Waals surface area contributed by atoms with Gasteiger partial charge < -0.3 is 21.1 Å². The average molecular weight is 625 g/mol. The number of benzene rings is 4. The number of rotatable bonds is 13. The number of ether oxygens (including phenoxy) is 1. The van der Waals surface area contributed by atoms with Crippen molar-refractivity contribution in [1.29, 1.82) is 0 Å². The Morgan fingerprint density at radius 3 is 2.09 bits per heavy atom. The minimum atomic E-state index is -0.628. The Bertz CT molecular complexity index is 1430. The number of nitrogens with zero attached hydrogens (tertiary/aromatic N) is 1. The standard InChI is InChI=1S/C24H32N4O3S.C13H12/c1-17(28(16-18-8-9-18)32-21-13-11-20(25)12-14-21)7-10-19-5-3-4-6-22(19)27-23(29)15-26-24(30)31-2;1-3-7-12(8-4-1)11-13-9-5-2-6-10-13/h3-6,11-14,17-18H,7-10,15-16,25H2,1-2H3,(H,26,30)(H,27,29);1-10H,11H2. The van der Waals surface area contributed by atoms with Crippen molar-refractivity contribution in [3.05, 3.63) is 126 Å². The molecule has 7 nitrogen and oxygen atoms in total. The van der Waals surface area contributed by atoms with Crippen molar-refractivity contribution in [3.63, 3.8) is 0 Å². The molecule has 45 heavy (non-hydrogen) atoms. The normalized spacial score (nSPS) is 12.9. The number of methoxy groups -OCH3 is 1. The van der Waals surface area contributed by atoms with Gasteiger partial charge in [-0.2, -0.15) is 0 Å². The second-order valence-electron chi connectivity index (χ2n) is 11.3. The Hall–Kier alpha value is -4.27. The van der Waals surface area contributed by atoms with Crippen LogP contribution < -0.4 is 16.4 Å². The van der Waals surface area contributed by atoms with E-state index in [0.717, 1.165) is 48.7 Å². The number of carbonyl (C=O) groups is 2. The van der Waals surface area contributed by atoms with Crippen LogP contribution in [0, 0.1) is 5.92 Å². The number of para-hydroxylation sites is 1. The van der Waals surface area contributed by atoms with E-state index in [1.54, 1.807) is 11.9 Å². The van der Waals surface area contributed by atoms with Gasteiger partial charge in [0, 0.05) is 28.9 Å². The molecule has 1 unspecified atom stereocenters. The number of hydrogen-bond acceptors (Lipinski definition) is 6. The molecule has 4 N–H and O–H groups in total. The molecule has 1 saturated carbocycles. The summed E-state index contributed by atoms with van der Waals surface area (Å²) < 4.78 is 6.98.